The van der Waals surface area contributed by atoms with Crippen molar-refractivity contribution in [2.45, 2.75) is 6.42 Å². The zero-order chi connectivity index (χ0) is 8.52. The van der Waals surface area contributed by atoms with Gasteiger partial charge in [-0.05, 0) is 18.3 Å². The minimum absolute atomic E-state index is 0.381. The highest BCUT2D eigenvalue weighted by molar-refractivity contribution is 5.28. The zero-order valence-corrected chi connectivity index (χ0v) is 7.66. The lowest BCUT2D eigenvalue weighted by Crippen LogP contribution is -2.43. The number of hydrogen-bond donors (Lipinski definition) is 0. The van der Waals surface area contributed by atoms with Crippen molar-refractivity contribution >= 4 is 0 Å². The Labute approximate surface area is 77.9 Å². The second-order valence-corrected chi connectivity index (χ2v) is 5.13. The zero-order valence-electron chi connectivity index (χ0n) is 7.66. The predicted molar refractivity (Wildman–Crippen MR) is 47.2 cm³/mol. The van der Waals surface area contributed by atoms with E-state index in [-0.39, 0.29) is 0 Å². The summed E-state index contributed by atoms with van der Waals surface area (Å²) in [6.45, 7) is 3.77. The molecular formula is C11H14O2. The summed E-state index contributed by atoms with van der Waals surface area (Å²) in [5, 5.41) is 0. The average Bonchev–Trinajstić information content (AvgIpc) is 2.79. The van der Waals surface area contributed by atoms with Crippen LogP contribution in [0.2, 0.25) is 0 Å². The van der Waals surface area contributed by atoms with E-state index in [4.69, 9.17) is 9.47 Å². The summed E-state index contributed by atoms with van der Waals surface area (Å²) >= 11 is 0. The van der Waals surface area contributed by atoms with Crippen molar-refractivity contribution in [3.8, 4) is 0 Å². The van der Waals surface area contributed by atoms with Crippen LogP contribution in [-0.2, 0) is 9.47 Å². The van der Waals surface area contributed by atoms with E-state index in [1.807, 2.05) is 0 Å². The smallest absolute Gasteiger partial charge is 0.0557 e. The normalized spacial score (nSPS) is 61.5. The second-order valence-electron chi connectivity index (χ2n) is 5.13. The van der Waals surface area contributed by atoms with Crippen molar-refractivity contribution in [2.24, 2.45) is 22.7 Å². The molecule has 2 aliphatic carbocycles. The number of allylic oxidation sites excluding steroid dienone is 2. The van der Waals surface area contributed by atoms with Gasteiger partial charge in [0.2, 0.25) is 0 Å². The third kappa shape index (κ3) is 0.522. The molecule has 0 amide bonds. The molecule has 0 radical (unpaired) electrons. The third-order valence-corrected chi connectivity index (χ3v) is 4.93. The van der Waals surface area contributed by atoms with E-state index in [0.717, 1.165) is 38.3 Å². The standard InChI is InChI=1S/C11H14O2/c1-2-9-3-8(1)10-4-12-6-11(9,10)7-13-5-10/h1-2,8-9H,3-7H2. The van der Waals surface area contributed by atoms with Gasteiger partial charge in [0.15, 0.2) is 0 Å². The van der Waals surface area contributed by atoms with Crippen molar-refractivity contribution in [3.05, 3.63) is 12.2 Å². The predicted octanol–water partition coefficient (Wildman–Crippen LogP) is 1.23. The van der Waals surface area contributed by atoms with Gasteiger partial charge in [-0.1, -0.05) is 12.2 Å². The Kier molecular flexibility index (Phi) is 1.01. The van der Waals surface area contributed by atoms with Crippen molar-refractivity contribution in [2.75, 3.05) is 26.4 Å². The molecule has 0 N–H and O–H groups in total. The Morgan fingerprint density at radius 2 is 1.31 bits per heavy atom. The van der Waals surface area contributed by atoms with Gasteiger partial charge in [0.05, 0.1) is 26.4 Å². The molecule has 2 heteroatoms. The van der Waals surface area contributed by atoms with E-state index in [1.165, 1.54) is 6.42 Å². The number of hydrogen-bond acceptors (Lipinski definition) is 2. The van der Waals surface area contributed by atoms with Crippen LogP contribution in [0.5, 0.6) is 0 Å². The van der Waals surface area contributed by atoms with Crippen LogP contribution in [0.4, 0.5) is 0 Å². The molecule has 13 heavy (non-hydrogen) atoms. The Morgan fingerprint density at radius 1 is 0.846 bits per heavy atom. The van der Waals surface area contributed by atoms with Crippen molar-refractivity contribution in [1.82, 2.24) is 0 Å². The summed E-state index contributed by atoms with van der Waals surface area (Å²) < 4.78 is 11.4. The topological polar surface area (TPSA) is 18.5 Å². The highest BCUT2D eigenvalue weighted by Gasteiger charge is 2.71. The maximum Gasteiger partial charge on any atom is 0.0557 e. The molecule has 0 aromatic rings. The van der Waals surface area contributed by atoms with Crippen LogP contribution >= 0.6 is 0 Å². The van der Waals surface area contributed by atoms with Crippen LogP contribution in [0.25, 0.3) is 0 Å². The molecule has 1 saturated carbocycles. The first kappa shape index (κ1) is 7.02. The Morgan fingerprint density at radius 3 is 1.77 bits per heavy atom. The number of fused-ring (bicyclic) bond motifs is 2. The van der Waals surface area contributed by atoms with Crippen LogP contribution in [-0.4, -0.2) is 26.4 Å². The molecule has 0 spiro atoms. The molecule has 70 valence electrons. The van der Waals surface area contributed by atoms with Crippen LogP contribution < -0.4 is 0 Å². The van der Waals surface area contributed by atoms with Gasteiger partial charge in [0.1, 0.15) is 0 Å². The fraction of sp³-hybridized carbons (Fsp3) is 0.818. The quantitative estimate of drug-likeness (QED) is 0.519. The van der Waals surface area contributed by atoms with Gasteiger partial charge in [-0.15, -0.1) is 0 Å². The fourth-order valence-corrected chi connectivity index (χ4v) is 4.17. The summed E-state index contributed by atoms with van der Waals surface area (Å²) in [6, 6.07) is 0. The van der Waals surface area contributed by atoms with Crippen molar-refractivity contribution in [3.63, 3.8) is 0 Å². The highest BCUT2D eigenvalue weighted by atomic mass is 16.5. The van der Waals surface area contributed by atoms with Crippen LogP contribution in [0.15, 0.2) is 12.2 Å². The number of ether oxygens (including phenoxy) is 2. The van der Waals surface area contributed by atoms with Crippen LogP contribution in [0.1, 0.15) is 6.42 Å². The summed E-state index contributed by atoms with van der Waals surface area (Å²) in [4.78, 5) is 0. The summed E-state index contributed by atoms with van der Waals surface area (Å²) in [6.07, 6.45) is 6.19. The molecule has 2 heterocycles. The van der Waals surface area contributed by atoms with Crippen LogP contribution in [0, 0.1) is 22.7 Å². The lowest BCUT2D eigenvalue weighted by molar-refractivity contribution is 0.0538. The van der Waals surface area contributed by atoms with Gasteiger partial charge in [-0.2, -0.15) is 0 Å². The molecule has 0 aromatic heterocycles. The second kappa shape index (κ2) is 1.86. The molecule has 2 aliphatic heterocycles. The maximum atomic E-state index is 5.72. The maximum absolute atomic E-state index is 5.72. The van der Waals surface area contributed by atoms with Gasteiger partial charge in [-0.3, -0.25) is 0 Å². The molecule has 2 bridgehead atoms. The van der Waals surface area contributed by atoms with E-state index in [2.05, 4.69) is 12.2 Å². The van der Waals surface area contributed by atoms with E-state index in [0.29, 0.717) is 10.8 Å². The van der Waals surface area contributed by atoms with Gasteiger partial charge >= 0.3 is 0 Å². The van der Waals surface area contributed by atoms with Crippen molar-refractivity contribution in [1.29, 1.82) is 0 Å². The summed E-state index contributed by atoms with van der Waals surface area (Å²) in [5.74, 6) is 1.50. The van der Waals surface area contributed by atoms with E-state index in [1.54, 1.807) is 0 Å². The third-order valence-electron chi connectivity index (χ3n) is 4.93. The lowest BCUT2D eigenvalue weighted by atomic mass is 9.62. The van der Waals surface area contributed by atoms with Gasteiger partial charge in [0, 0.05) is 10.8 Å². The Hall–Kier alpha value is -0.340. The molecule has 2 nitrogen and oxygen atoms in total. The molecule has 2 unspecified atom stereocenters. The Bertz CT molecular complexity index is 258. The van der Waals surface area contributed by atoms with E-state index in [9.17, 15) is 0 Å². The van der Waals surface area contributed by atoms with E-state index >= 15 is 0 Å². The SMILES string of the molecule is C1=CC2CC1C13COCC21COC3. The minimum atomic E-state index is 0.381. The first-order valence-electron chi connectivity index (χ1n) is 5.21. The molecule has 4 rings (SSSR count). The van der Waals surface area contributed by atoms with Gasteiger partial charge in [0.25, 0.3) is 0 Å². The Balaban J connectivity index is 1.96. The first-order chi connectivity index (χ1) is 6.37. The van der Waals surface area contributed by atoms with Crippen LogP contribution in [0.3, 0.4) is 0 Å². The molecular weight excluding hydrogens is 164 g/mol. The monoisotopic (exact) mass is 178 g/mol. The van der Waals surface area contributed by atoms with Crippen molar-refractivity contribution < 1.29 is 9.47 Å². The minimum Gasteiger partial charge on any atom is -0.380 e. The molecule has 0 aromatic carbocycles. The summed E-state index contributed by atoms with van der Waals surface area (Å²) in [7, 11) is 0. The van der Waals surface area contributed by atoms with Gasteiger partial charge < -0.3 is 9.47 Å². The molecule has 2 atom stereocenters. The van der Waals surface area contributed by atoms with E-state index < -0.39 is 0 Å². The molecule has 4 aliphatic rings. The summed E-state index contributed by atoms with van der Waals surface area (Å²) in [5.41, 5.74) is 0.763. The lowest BCUT2D eigenvalue weighted by Gasteiger charge is -2.37. The molecule has 2 saturated heterocycles. The fourth-order valence-electron chi connectivity index (χ4n) is 4.17. The number of rotatable bonds is 0. The average molecular weight is 178 g/mol. The highest BCUT2D eigenvalue weighted by Crippen LogP contribution is 2.68. The van der Waals surface area contributed by atoms with Gasteiger partial charge in [-0.25, -0.2) is 0 Å². The molecule has 3 fully saturated rings. The first-order valence-corrected chi connectivity index (χ1v) is 5.21. The largest absolute Gasteiger partial charge is 0.380 e.